The molecule has 10 nitrogen and oxygen atoms in total. The number of para-hydroxylation sites is 2. The Kier molecular flexibility index (Phi) is 8.60. The highest BCUT2D eigenvalue weighted by Gasteiger charge is 2.23. The number of carbonyl (C=O) groups is 1. The first-order valence-corrected chi connectivity index (χ1v) is 15.3. The number of benzene rings is 3. The van der Waals surface area contributed by atoms with Gasteiger partial charge in [-0.25, -0.2) is 18.4 Å². The summed E-state index contributed by atoms with van der Waals surface area (Å²) in [6.07, 6.45) is 4.01. The molecule has 220 valence electrons. The zero-order valence-electron chi connectivity index (χ0n) is 23.9. The minimum atomic E-state index is -4.08. The summed E-state index contributed by atoms with van der Waals surface area (Å²) in [7, 11) is 0.783. The van der Waals surface area contributed by atoms with Crippen LogP contribution in [0.5, 0.6) is 5.75 Å². The normalized spacial score (nSPS) is 17.0. The second kappa shape index (κ2) is 12.3. The summed E-state index contributed by atoms with van der Waals surface area (Å²) in [6.45, 7) is 0. The van der Waals surface area contributed by atoms with Crippen molar-refractivity contribution in [3.05, 3.63) is 77.9 Å². The highest BCUT2D eigenvalue weighted by molar-refractivity contribution is 7.92. The minimum Gasteiger partial charge on any atom is -0.497 e. The zero-order chi connectivity index (χ0) is 29.9. The molecule has 0 aliphatic heterocycles. The predicted molar refractivity (Wildman–Crippen MR) is 163 cm³/mol. The van der Waals surface area contributed by atoms with Crippen molar-refractivity contribution in [2.75, 3.05) is 31.2 Å². The number of nitrogens with zero attached hydrogens (tertiary/aromatic N) is 3. The monoisotopic (exact) mass is 589 g/mol. The molecule has 0 unspecified atom stereocenters. The van der Waals surface area contributed by atoms with E-state index in [2.05, 4.69) is 15.0 Å². The van der Waals surface area contributed by atoms with E-state index in [1.807, 2.05) is 36.4 Å². The number of anilines is 3. The molecule has 42 heavy (non-hydrogen) atoms. The first-order chi connectivity index (χ1) is 20.1. The second-order valence-corrected chi connectivity index (χ2v) is 12.4. The molecule has 4 aromatic rings. The van der Waals surface area contributed by atoms with Crippen molar-refractivity contribution in [2.45, 2.75) is 43.1 Å². The van der Waals surface area contributed by atoms with E-state index >= 15 is 0 Å². The Labute approximate surface area is 245 Å². The molecule has 1 aliphatic rings. The van der Waals surface area contributed by atoms with Crippen LogP contribution in [0.4, 0.5) is 17.3 Å². The van der Waals surface area contributed by atoms with E-state index in [-0.39, 0.29) is 28.5 Å². The lowest BCUT2D eigenvalue weighted by Gasteiger charge is -2.26. The van der Waals surface area contributed by atoms with E-state index in [1.54, 1.807) is 27.3 Å². The van der Waals surface area contributed by atoms with E-state index in [9.17, 15) is 18.3 Å². The number of hydrogen-bond donors (Lipinski definition) is 3. The fraction of sp³-hybridized carbons (Fsp3) is 0.323. The Balaban J connectivity index is 1.49. The average molecular weight is 590 g/mol. The molecule has 3 aromatic carbocycles. The summed E-state index contributed by atoms with van der Waals surface area (Å²) in [4.78, 5) is 23.0. The number of hydrogen-bond acceptors (Lipinski definition) is 8. The van der Waals surface area contributed by atoms with Crippen LogP contribution in [0.3, 0.4) is 0 Å². The minimum absolute atomic E-state index is 0.0136. The van der Waals surface area contributed by atoms with Gasteiger partial charge in [0.2, 0.25) is 0 Å². The maximum absolute atomic E-state index is 13.5. The van der Waals surface area contributed by atoms with Gasteiger partial charge in [0.15, 0.2) is 11.6 Å². The fourth-order valence-electron chi connectivity index (χ4n) is 5.14. The second-order valence-electron chi connectivity index (χ2n) is 10.8. The molecule has 1 fully saturated rings. The van der Waals surface area contributed by atoms with E-state index in [1.165, 1.54) is 29.2 Å². The molecule has 1 saturated carbocycles. The summed E-state index contributed by atoms with van der Waals surface area (Å²) in [5.74, 6) is 1.12. The number of aliphatic hydroxyl groups excluding tert-OH is 1. The van der Waals surface area contributed by atoms with Crippen LogP contribution in [0.15, 0.2) is 71.6 Å². The number of sulfonamides is 1. The molecule has 1 aliphatic carbocycles. The number of fused-ring (bicyclic) bond motifs is 1. The molecular formula is C31H35N5O5S. The van der Waals surface area contributed by atoms with Gasteiger partial charge in [-0.3, -0.25) is 9.52 Å². The molecule has 5 rings (SSSR count). The lowest BCUT2D eigenvalue weighted by atomic mass is 9.83. The zero-order valence-corrected chi connectivity index (χ0v) is 24.7. The van der Waals surface area contributed by atoms with Crippen LogP contribution in [-0.4, -0.2) is 61.6 Å². The van der Waals surface area contributed by atoms with Gasteiger partial charge in [0.25, 0.3) is 15.9 Å². The van der Waals surface area contributed by atoms with Gasteiger partial charge in [-0.2, -0.15) is 0 Å². The van der Waals surface area contributed by atoms with Crippen LogP contribution in [0, 0.1) is 5.92 Å². The van der Waals surface area contributed by atoms with Crippen LogP contribution >= 0.6 is 0 Å². The Hall–Kier alpha value is -4.22. The number of methoxy groups -OCH3 is 1. The quantitative estimate of drug-likeness (QED) is 0.249. The molecule has 0 saturated heterocycles. The number of amides is 1. The standard InChI is InChI=1S/C31H35N5O5S/c1-36(2)31(38)21-11-16-25(17-12-21)42(39,40)35-30-29(32-26-6-4-5-7-27(26)33-30)34-28-19-24(41-3)15-10-22(28)18-20-8-13-23(37)14-9-20/h4-7,10-12,15-17,19-20,23,37H,8-9,13-14,18H2,1-3H3,(H,32,34)(H,33,35). The molecule has 1 heterocycles. The van der Waals surface area contributed by atoms with Gasteiger partial charge in [-0.05, 0) is 86.1 Å². The van der Waals surface area contributed by atoms with Gasteiger partial charge < -0.3 is 20.1 Å². The van der Waals surface area contributed by atoms with Crippen molar-refractivity contribution in [1.82, 2.24) is 14.9 Å². The highest BCUT2D eigenvalue weighted by atomic mass is 32.2. The summed E-state index contributed by atoms with van der Waals surface area (Å²) < 4.78 is 35.0. The Bertz CT molecular complexity index is 1680. The Morgan fingerprint density at radius 2 is 1.60 bits per heavy atom. The van der Waals surface area contributed by atoms with Gasteiger partial charge in [0, 0.05) is 31.4 Å². The van der Waals surface area contributed by atoms with Crippen LogP contribution < -0.4 is 14.8 Å². The number of nitrogens with one attached hydrogen (secondary N) is 2. The van der Waals surface area contributed by atoms with Crippen LogP contribution in [0.2, 0.25) is 0 Å². The molecule has 11 heteroatoms. The average Bonchev–Trinajstić information content (AvgIpc) is 2.98. The van der Waals surface area contributed by atoms with Crippen molar-refractivity contribution < 1.29 is 23.1 Å². The van der Waals surface area contributed by atoms with Crippen molar-refractivity contribution in [1.29, 1.82) is 0 Å². The first-order valence-electron chi connectivity index (χ1n) is 13.9. The maximum atomic E-state index is 13.5. The van der Waals surface area contributed by atoms with Crippen molar-refractivity contribution >= 4 is 44.3 Å². The lowest BCUT2D eigenvalue weighted by molar-refractivity contribution is 0.0827. The van der Waals surface area contributed by atoms with E-state index in [0.29, 0.717) is 28.3 Å². The van der Waals surface area contributed by atoms with E-state index in [0.717, 1.165) is 43.4 Å². The van der Waals surface area contributed by atoms with Crippen LogP contribution in [-0.2, 0) is 16.4 Å². The van der Waals surface area contributed by atoms with Crippen LogP contribution in [0.1, 0.15) is 41.6 Å². The Morgan fingerprint density at radius 1 is 0.952 bits per heavy atom. The number of aromatic nitrogens is 2. The van der Waals surface area contributed by atoms with Gasteiger partial charge in [-0.15, -0.1) is 0 Å². The molecule has 0 spiro atoms. The molecule has 1 aromatic heterocycles. The van der Waals surface area contributed by atoms with Gasteiger partial charge in [0.1, 0.15) is 5.75 Å². The van der Waals surface area contributed by atoms with E-state index in [4.69, 9.17) is 9.72 Å². The van der Waals surface area contributed by atoms with E-state index < -0.39 is 10.0 Å². The topological polar surface area (TPSA) is 134 Å². The molecular weight excluding hydrogens is 554 g/mol. The molecule has 3 N–H and O–H groups in total. The predicted octanol–water partition coefficient (Wildman–Crippen LogP) is 4.98. The number of aliphatic hydroxyl groups is 1. The largest absolute Gasteiger partial charge is 0.497 e. The lowest BCUT2D eigenvalue weighted by Crippen LogP contribution is -2.22. The van der Waals surface area contributed by atoms with Crippen LogP contribution in [0.25, 0.3) is 11.0 Å². The summed E-state index contributed by atoms with van der Waals surface area (Å²) in [5.41, 5.74) is 3.27. The van der Waals surface area contributed by atoms with Gasteiger partial charge >= 0.3 is 0 Å². The van der Waals surface area contributed by atoms with Crippen molar-refractivity contribution in [3.8, 4) is 5.75 Å². The van der Waals surface area contributed by atoms with Gasteiger partial charge in [0.05, 0.1) is 29.1 Å². The van der Waals surface area contributed by atoms with Gasteiger partial charge in [-0.1, -0.05) is 18.2 Å². The molecule has 0 atom stereocenters. The number of ether oxygens (including phenoxy) is 1. The first kappa shape index (κ1) is 29.3. The SMILES string of the molecule is COc1ccc(CC2CCC(O)CC2)c(Nc2nc3ccccc3nc2NS(=O)(=O)c2ccc(C(=O)N(C)C)cc2)c1. The summed E-state index contributed by atoms with van der Waals surface area (Å²) in [6, 6.07) is 18.7. The van der Waals surface area contributed by atoms with Crippen molar-refractivity contribution in [3.63, 3.8) is 0 Å². The third-order valence-electron chi connectivity index (χ3n) is 7.51. The third-order valence-corrected chi connectivity index (χ3v) is 8.87. The smallest absolute Gasteiger partial charge is 0.263 e. The summed E-state index contributed by atoms with van der Waals surface area (Å²) in [5, 5.41) is 13.3. The Morgan fingerprint density at radius 3 is 2.21 bits per heavy atom. The maximum Gasteiger partial charge on any atom is 0.263 e. The molecule has 1 amide bonds. The third kappa shape index (κ3) is 6.63. The highest BCUT2D eigenvalue weighted by Crippen LogP contribution is 2.34. The summed E-state index contributed by atoms with van der Waals surface area (Å²) >= 11 is 0. The molecule has 0 radical (unpaired) electrons. The number of carbonyl (C=O) groups excluding carboxylic acids is 1. The molecule has 0 bridgehead atoms. The fourth-order valence-corrected chi connectivity index (χ4v) is 6.15. The number of rotatable bonds is 9. The van der Waals surface area contributed by atoms with Crippen molar-refractivity contribution in [2.24, 2.45) is 5.92 Å².